The maximum absolute atomic E-state index is 12.4. The van der Waals surface area contributed by atoms with Crippen molar-refractivity contribution in [2.75, 3.05) is 24.2 Å². The molecule has 0 bridgehead atoms. The summed E-state index contributed by atoms with van der Waals surface area (Å²) in [6, 6.07) is 12.1. The third-order valence-corrected chi connectivity index (χ3v) is 6.83. The van der Waals surface area contributed by atoms with Crippen molar-refractivity contribution in [3.05, 3.63) is 63.6 Å². The minimum Gasteiger partial charge on any atom is -0.452 e. The second-order valence-corrected chi connectivity index (χ2v) is 8.76. The maximum atomic E-state index is 12.4. The molecular formula is C19H16Cl2N2O3S2. The van der Waals surface area contributed by atoms with E-state index in [9.17, 15) is 9.59 Å². The fourth-order valence-corrected chi connectivity index (χ4v) is 4.74. The molecule has 0 radical (unpaired) electrons. The highest BCUT2D eigenvalue weighted by molar-refractivity contribution is 8.38. The van der Waals surface area contributed by atoms with Crippen LogP contribution in [0.3, 0.4) is 0 Å². The maximum Gasteiger partial charge on any atom is 0.338 e. The number of nitrogens with one attached hydrogen (secondary N) is 1. The number of aliphatic imine (C=N–C) groups is 1. The summed E-state index contributed by atoms with van der Waals surface area (Å²) >= 11 is 15.3. The number of anilines is 1. The predicted molar refractivity (Wildman–Crippen MR) is 118 cm³/mol. The smallest absolute Gasteiger partial charge is 0.338 e. The highest BCUT2D eigenvalue weighted by Crippen LogP contribution is 2.29. The Balaban J connectivity index is 1.57. The number of amides is 1. The highest BCUT2D eigenvalue weighted by Gasteiger charge is 2.16. The van der Waals surface area contributed by atoms with Gasteiger partial charge < -0.3 is 10.1 Å². The Bertz CT molecular complexity index is 922. The van der Waals surface area contributed by atoms with Gasteiger partial charge in [-0.25, -0.2) is 4.79 Å². The Morgan fingerprint density at radius 2 is 2.00 bits per heavy atom. The molecule has 0 spiro atoms. The molecule has 0 aromatic heterocycles. The molecule has 1 aliphatic heterocycles. The van der Waals surface area contributed by atoms with Crippen molar-refractivity contribution in [1.29, 1.82) is 0 Å². The van der Waals surface area contributed by atoms with Gasteiger partial charge in [-0.1, -0.05) is 71.0 Å². The summed E-state index contributed by atoms with van der Waals surface area (Å²) in [5.74, 6) is 0.560. The second-order valence-electron chi connectivity index (χ2n) is 5.67. The van der Waals surface area contributed by atoms with E-state index in [4.69, 9.17) is 27.9 Å². The summed E-state index contributed by atoms with van der Waals surface area (Å²) in [6.45, 7) is 0.411. The number of hydrogen-bond acceptors (Lipinski definition) is 6. The summed E-state index contributed by atoms with van der Waals surface area (Å²) in [4.78, 5) is 28.9. The average molecular weight is 455 g/mol. The molecular weight excluding hydrogens is 439 g/mol. The fraction of sp³-hybridized carbons (Fsp3) is 0.211. The van der Waals surface area contributed by atoms with Crippen LogP contribution in [-0.4, -0.2) is 35.2 Å². The molecule has 28 heavy (non-hydrogen) atoms. The molecule has 9 heteroatoms. The van der Waals surface area contributed by atoms with E-state index < -0.39 is 18.5 Å². The number of benzene rings is 2. The van der Waals surface area contributed by atoms with Gasteiger partial charge in [-0.2, -0.15) is 0 Å². The summed E-state index contributed by atoms with van der Waals surface area (Å²) in [5, 5.41) is 3.14. The van der Waals surface area contributed by atoms with Crippen LogP contribution in [0.2, 0.25) is 10.0 Å². The van der Waals surface area contributed by atoms with E-state index in [1.165, 1.54) is 0 Å². The predicted octanol–water partition coefficient (Wildman–Crippen LogP) is 5.12. The van der Waals surface area contributed by atoms with Gasteiger partial charge in [0.25, 0.3) is 5.91 Å². The monoisotopic (exact) mass is 454 g/mol. The number of nitrogens with zero attached hydrogens (tertiary/aromatic N) is 1. The molecule has 3 rings (SSSR count). The van der Waals surface area contributed by atoms with Crippen LogP contribution in [0.25, 0.3) is 0 Å². The molecule has 1 heterocycles. The summed E-state index contributed by atoms with van der Waals surface area (Å²) in [6.07, 6.45) is 0. The lowest BCUT2D eigenvalue weighted by Gasteiger charge is -2.11. The van der Waals surface area contributed by atoms with Crippen molar-refractivity contribution in [3.63, 3.8) is 0 Å². The van der Waals surface area contributed by atoms with Gasteiger partial charge in [0.2, 0.25) is 0 Å². The molecule has 1 aliphatic rings. The van der Waals surface area contributed by atoms with Gasteiger partial charge in [-0.15, -0.1) is 0 Å². The Labute approximate surface area is 181 Å². The first kappa shape index (κ1) is 21.0. The first-order valence-corrected chi connectivity index (χ1v) is 11.1. The van der Waals surface area contributed by atoms with Crippen LogP contribution in [0.4, 0.5) is 5.69 Å². The van der Waals surface area contributed by atoms with Crippen LogP contribution < -0.4 is 5.32 Å². The van der Waals surface area contributed by atoms with E-state index in [0.29, 0.717) is 22.0 Å². The number of rotatable bonds is 6. The molecule has 0 aliphatic carbocycles. The molecule has 0 saturated carbocycles. The van der Waals surface area contributed by atoms with Gasteiger partial charge in [0.05, 0.1) is 27.8 Å². The van der Waals surface area contributed by atoms with Gasteiger partial charge in [0.15, 0.2) is 6.61 Å². The lowest BCUT2D eigenvalue weighted by Crippen LogP contribution is -2.21. The van der Waals surface area contributed by atoms with Crippen LogP contribution in [0.15, 0.2) is 47.5 Å². The van der Waals surface area contributed by atoms with Crippen molar-refractivity contribution in [1.82, 2.24) is 0 Å². The van der Waals surface area contributed by atoms with Crippen LogP contribution in [0.5, 0.6) is 0 Å². The Morgan fingerprint density at radius 3 is 2.79 bits per heavy atom. The molecule has 2 aromatic rings. The molecule has 0 fully saturated rings. The van der Waals surface area contributed by atoms with E-state index in [1.807, 2.05) is 12.1 Å². The van der Waals surface area contributed by atoms with Crippen molar-refractivity contribution >= 4 is 68.7 Å². The number of carbonyl (C=O) groups is 2. The lowest BCUT2D eigenvalue weighted by atomic mass is 10.1. The van der Waals surface area contributed by atoms with Gasteiger partial charge in [-0.3, -0.25) is 9.79 Å². The van der Waals surface area contributed by atoms with Gasteiger partial charge in [0, 0.05) is 11.5 Å². The van der Waals surface area contributed by atoms with Crippen molar-refractivity contribution in [3.8, 4) is 0 Å². The van der Waals surface area contributed by atoms with Gasteiger partial charge in [0.1, 0.15) is 4.38 Å². The number of hydrogen-bond donors (Lipinski definition) is 1. The molecule has 1 amide bonds. The lowest BCUT2D eigenvalue weighted by molar-refractivity contribution is -0.119. The Kier molecular flexibility index (Phi) is 7.67. The number of carbonyl (C=O) groups excluding carboxylic acids is 2. The fourth-order valence-electron chi connectivity index (χ4n) is 2.38. The topological polar surface area (TPSA) is 67.8 Å². The molecule has 0 saturated heterocycles. The molecule has 0 unspecified atom stereocenters. The third kappa shape index (κ3) is 5.67. The first-order valence-electron chi connectivity index (χ1n) is 8.33. The van der Waals surface area contributed by atoms with Crippen LogP contribution >= 0.6 is 46.7 Å². The second kappa shape index (κ2) is 10.2. The standard InChI is InChI=1S/C19H16Cl2N2O3S2/c20-14-6-3-7-15(17(14)21)23-16(24)10-26-18(25)13-5-2-1-4-12(13)11-28-19-22-8-9-27-19/h1-7H,8-11H2,(H,23,24). The van der Waals surface area contributed by atoms with E-state index in [2.05, 4.69) is 10.3 Å². The molecule has 1 N–H and O–H groups in total. The van der Waals surface area contributed by atoms with E-state index in [-0.39, 0.29) is 5.02 Å². The normalized spacial score (nSPS) is 13.1. The Hall–Kier alpha value is -1.67. The van der Waals surface area contributed by atoms with Crippen LogP contribution in [-0.2, 0) is 15.3 Å². The number of ether oxygens (including phenoxy) is 1. The largest absolute Gasteiger partial charge is 0.452 e. The van der Waals surface area contributed by atoms with Crippen molar-refractivity contribution in [2.24, 2.45) is 4.99 Å². The average Bonchev–Trinajstić information content (AvgIpc) is 3.22. The zero-order chi connectivity index (χ0) is 19.9. The zero-order valence-electron chi connectivity index (χ0n) is 14.6. The minimum absolute atomic E-state index is 0.235. The summed E-state index contributed by atoms with van der Waals surface area (Å²) in [5.41, 5.74) is 1.64. The summed E-state index contributed by atoms with van der Waals surface area (Å²) in [7, 11) is 0. The summed E-state index contributed by atoms with van der Waals surface area (Å²) < 4.78 is 6.20. The number of esters is 1. The van der Waals surface area contributed by atoms with Crippen molar-refractivity contribution < 1.29 is 14.3 Å². The van der Waals surface area contributed by atoms with Gasteiger partial charge >= 0.3 is 5.97 Å². The third-order valence-electron chi connectivity index (χ3n) is 3.71. The molecule has 146 valence electrons. The zero-order valence-corrected chi connectivity index (χ0v) is 17.8. The number of halogens is 2. The molecule has 5 nitrogen and oxygen atoms in total. The van der Waals surface area contributed by atoms with E-state index in [0.717, 1.165) is 22.2 Å². The number of thioether (sulfide) groups is 2. The molecule has 2 aromatic carbocycles. The van der Waals surface area contributed by atoms with Crippen LogP contribution in [0.1, 0.15) is 15.9 Å². The quantitative estimate of drug-likeness (QED) is 0.612. The van der Waals surface area contributed by atoms with Crippen molar-refractivity contribution in [2.45, 2.75) is 5.75 Å². The minimum atomic E-state index is -0.551. The van der Waals surface area contributed by atoms with E-state index >= 15 is 0 Å². The molecule has 0 atom stereocenters. The van der Waals surface area contributed by atoms with Crippen LogP contribution in [0, 0.1) is 0 Å². The highest BCUT2D eigenvalue weighted by atomic mass is 35.5. The van der Waals surface area contributed by atoms with Gasteiger partial charge in [-0.05, 0) is 23.8 Å². The van der Waals surface area contributed by atoms with E-state index in [1.54, 1.807) is 53.9 Å². The SMILES string of the molecule is O=C(COC(=O)c1ccccc1CSC1=NCCS1)Nc1cccc(Cl)c1Cl. The Morgan fingerprint density at radius 1 is 1.18 bits per heavy atom. The first-order chi connectivity index (χ1) is 13.5.